The van der Waals surface area contributed by atoms with Crippen molar-refractivity contribution < 1.29 is 9.59 Å². The molecule has 0 radical (unpaired) electrons. The Balaban J connectivity index is 2.01. The zero-order valence-corrected chi connectivity index (χ0v) is 16.8. The lowest BCUT2D eigenvalue weighted by molar-refractivity contribution is -0.122. The molecule has 0 unspecified atom stereocenters. The van der Waals surface area contributed by atoms with Crippen LogP contribution in [0.15, 0.2) is 48.2 Å². The summed E-state index contributed by atoms with van der Waals surface area (Å²) in [7, 11) is 0. The number of carbonyl (C=O) groups is 2. The first-order chi connectivity index (χ1) is 12.7. The van der Waals surface area contributed by atoms with Crippen LogP contribution in [0, 0.1) is 0 Å². The predicted molar refractivity (Wildman–Crippen MR) is 111 cm³/mol. The monoisotopic (exact) mass is 381 g/mol. The standard InChI is InChI=1S/C21H23N3O2S/c1-5-14-8-10-15(11-9-14)24-19(26)17(18(25)22-20(24)27)13-16-7-6-12-23(16)21(2,3)4/h6-13H,5H2,1-4H3,(H,22,25,27). The van der Waals surface area contributed by atoms with E-state index >= 15 is 0 Å². The van der Waals surface area contributed by atoms with Gasteiger partial charge in [0.2, 0.25) is 0 Å². The second kappa shape index (κ2) is 7.12. The number of aromatic nitrogens is 1. The minimum absolute atomic E-state index is 0.0624. The Kier molecular flexibility index (Phi) is 5.02. The fourth-order valence-electron chi connectivity index (χ4n) is 3.04. The molecule has 0 atom stereocenters. The Bertz CT molecular complexity index is 933. The largest absolute Gasteiger partial charge is 0.343 e. The summed E-state index contributed by atoms with van der Waals surface area (Å²) in [4.78, 5) is 26.9. The van der Waals surface area contributed by atoms with Crippen molar-refractivity contribution in [3.8, 4) is 0 Å². The van der Waals surface area contributed by atoms with E-state index in [0.29, 0.717) is 5.69 Å². The van der Waals surface area contributed by atoms with E-state index in [4.69, 9.17) is 12.2 Å². The van der Waals surface area contributed by atoms with E-state index in [1.807, 2.05) is 47.2 Å². The molecule has 0 spiro atoms. The summed E-state index contributed by atoms with van der Waals surface area (Å²) >= 11 is 5.25. The number of hydrogen-bond donors (Lipinski definition) is 1. The molecular formula is C21H23N3O2S. The van der Waals surface area contributed by atoms with Gasteiger partial charge in [0.15, 0.2) is 5.11 Å². The van der Waals surface area contributed by atoms with Crippen LogP contribution < -0.4 is 10.2 Å². The van der Waals surface area contributed by atoms with Crippen LogP contribution in [0.5, 0.6) is 0 Å². The van der Waals surface area contributed by atoms with E-state index in [2.05, 4.69) is 33.0 Å². The molecule has 1 aromatic carbocycles. The van der Waals surface area contributed by atoms with Crippen molar-refractivity contribution in [1.29, 1.82) is 0 Å². The van der Waals surface area contributed by atoms with Crippen LogP contribution in [-0.4, -0.2) is 21.5 Å². The highest BCUT2D eigenvalue weighted by atomic mass is 32.1. The number of hydrogen-bond acceptors (Lipinski definition) is 3. The van der Waals surface area contributed by atoms with Crippen molar-refractivity contribution in [2.24, 2.45) is 0 Å². The quantitative estimate of drug-likeness (QED) is 0.502. The number of benzene rings is 1. The highest BCUT2D eigenvalue weighted by Crippen LogP contribution is 2.24. The minimum atomic E-state index is -0.479. The number of anilines is 1. The molecule has 2 heterocycles. The zero-order chi connectivity index (χ0) is 19.8. The van der Waals surface area contributed by atoms with Gasteiger partial charge in [-0.3, -0.25) is 19.8 Å². The fourth-order valence-corrected chi connectivity index (χ4v) is 3.32. The van der Waals surface area contributed by atoms with Crippen molar-refractivity contribution in [3.63, 3.8) is 0 Å². The Hall–Kier alpha value is -2.73. The van der Waals surface area contributed by atoms with Crippen LogP contribution in [0.4, 0.5) is 5.69 Å². The molecule has 1 N–H and O–H groups in total. The number of carbonyl (C=O) groups excluding carboxylic acids is 2. The van der Waals surface area contributed by atoms with Gasteiger partial charge in [-0.2, -0.15) is 0 Å². The molecule has 1 aliphatic rings. The molecule has 0 aliphatic carbocycles. The Morgan fingerprint density at radius 1 is 1.11 bits per heavy atom. The molecule has 0 saturated carbocycles. The molecule has 1 aliphatic heterocycles. The molecule has 140 valence electrons. The maximum atomic E-state index is 13.1. The van der Waals surface area contributed by atoms with Gasteiger partial charge in [0.25, 0.3) is 11.8 Å². The van der Waals surface area contributed by atoms with Gasteiger partial charge in [-0.15, -0.1) is 0 Å². The third-order valence-corrected chi connectivity index (χ3v) is 4.78. The molecule has 3 rings (SSSR count). The van der Waals surface area contributed by atoms with Gasteiger partial charge < -0.3 is 4.57 Å². The van der Waals surface area contributed by atoms with E-state index in [0.717, 1.165) is 17.7 Å². The Morgan fingerprint density at radius 3 is 2.37 bits per heavy atom. The van der Waals surface area contributed by atoms with Gasteiger partial charge >= 0.3 is 0 Å². The third-order valence-electron chi connectivity index (χ3n) is 4.50. The summed E-state index contributed by atoms with van der Waals surface area (Å²) in [5.74, 6) is -0.900. The lowest BCUT2D eigenvalue weighted by atomic mass is 10.1. The summed E-state index contributed by atoms with van der Waals surface area (Å²) < 4.78 is 2.02. The second-order valence-electron chi connectivity index (χ2n) is 7.45. The molecular weight excluding hydrogens is 358 g/mol. The van der Waals surface area contributed by atoms with Gasteiger partial charge in [-0.25, -0.2) is 0 Å². The summed E-state index contributed by atoms with van der Waals surface area (Å²) in [6.45, 7) is 8.26. The van der Waals surface area contributed by atoms with Crippen molar-refractivity contribution in [2.75, 3.05) is 4.90 Å². The van der Waals surface area contributed by atoms with Gasteiger partial charge in [0, 0.05) is 17.4 Å². The number of amides is 2. The van der Waals surface area contributed by atoms with Crippen molar-refractivity contribution in [3.05, 3.63) is 59.4 Å². The summed E-state index contributed by atoms with van der Waals surface area (Å²) in [6.07, 6.45) is 4.46. The molecule has 27 heavy (non-hydrogen) atoms. The SMILES string of the molecule is CCc1ccc(N2C(=O)C(=Cc3cccn3C(C)(C)C)C(=O)NC2=S)cc1. The molecule has 0 bridgehead atoms. The maximum Gasteiger partial charge on any atom is 0.270 e. The van der Waals surface area contributed by atoms with Crippen molar-refractivity contribution in [2.45, 2.75) is 39.7 Å². The molecule has 2 aromatic rings. The number of thiocarbonyl (C=S) groups is 1. The van der Waals surface area contributed by atoms with Crippen molar-refractivity contribution in [1.82, 2.24) is 9.88 Å². The van der Waals surface area contributed by atoms with Crippen LogP contribution >= 0.6 is 12.2 Å². The van der Waals surface area contributed by atoms with E-state index in [1.54, 1.807) is 6.08 Å². The number of rotatable bonds is 3. The van der Waals surface area contributed by atoms with Crippen molar-refractivity contribution >= 4 is 40.9 Å². The Morgan fingerprint density at radius 2 is 1.78 bits per heavy atom. The van der Waals surface area contributed by atoms with Gasteiger partial charge in [-0.1, -0.05) is 19.1 Å². The Labute approximate surface area is 164 Å². The van der Waals surface area contributed by atoms with Gasteiger partial charge in [-0.05, 0) is 75.3 Å². The lowest BCUT2D eigenvalue weighted by Gasteiger charge is -2.29. The molecule has 5 nitrogen and oxygen atoms in total. The molecule has 1 aromatic heterocycles. The van der Waals surface area contributed by atoms with Crippen LogP contribution in [0.3, 0.4) is 0 Å². The predicted octanol–water partition coefficient (Wildman–Crippen LogP) is 3.64. The zero-order valence-electron chi connectivity index (χ0n) is 15.9. The third kappa shape index (κ3) is 3.71. The van der Waals surface area contributed by atoms with Gasteiger partial charge in [0.1, 0.15) is 5.57 Å². The lowest BCUT2D eigenvalue weighted by Crippen LogP contribution is -2.54. The topological polar surface area (TPSA) is 54.3 Å². The first kappa shape index (κ1) is 19.0. The summed E-state index contributed by atoms with van der Waals surface area (Å²) in [5, 5.41) is 2.72. The van der Waals surface area contributed by atoms with E-state index in [1.165, 1.54) is 4.90 Å². The molecule has 2 amide bonds. The number of nitrogens with one attached hydrogen (secondary N) is 1. The first-order valence-corrected chi connectivity index (χ1v) is 9.31. The average Bonchev–Trinajstić information content (AvgIpc) is 3.08. The van der Waals surface area contributed by atoms with Crippen LogP contribution in [0.25, 0.3) is 6.08 Å². The normalized spacial score (nSPS) is 16.8. The summed E-state index contributed by atoms with van der Waals surface area (Å²) in [5.41, 5.74) is 2.48. The smallest absolute Gasteiger partial charge is 0.270 e. The maximum absolute atomic E-state index is 13.1. The molecule has 1 fully saturated rings. The number of aryl methyl sites for hydroxylation is 1. The molecule has 1 saturated heterocycles. The van der Waals surface area contributed by atoms with Crippen LogP contribution in [0.1, 0.15) is 39.0 Å². The molecule has 6 heteroatoms. The fraction of sp³-hybridized carbons (Fsp3) is 0.286. The number of nitrogens with zero attached hydrogens (tertiary/aromatic N) is 2. The first-order valence-electron chi connectivity index (χ1n) is 8.90. The van der Waals surface area contributed by atoms with Crippen LogP contribution in [0.2, 0.25) is 0 Å². The van der Waals surface area contributed by atoms with Crippen LogP contribution in [-0.2, 0) is 21.5 Å². The van der Waals surface area contributed by atoms with E-state index < -0.39 is 11.8 Å². The van der Waals surface area contributed by atoms with E-state index in [-0.39, 0.29) is 16.2 Å². The second-order valence-corrected chi connectivity index (χ2v) is 7.84. The van der Waals surface area contributed by atoms with Gasteiger partial charge in [0.05, 0.1) is 5.69 Å². The highest BCUT2D eigenvalue weighted by Gasteiger charge is 2.34. The minimum Gasteiger partial charge on any atom is -0.343 e. The summed E-state index contributed by atoms with van der Waals surface area (Å²) in [6, 6.07) is 11.4. The van der Waals surface area contributed by atoms with E-state index in [9.17, 15) is 9.59 Å². The highest BCUT2D eigenvalue weighted by molar-refractivity contribution is 7.80. The average molecular weight is 382 g/mol.